The van der Waals surface area contributed by atoms with Crippen LogP contribution in [-0.4, -0.2) is 54.0 Å². The molecule has 1 N–H and O–H groups in total. The van der Waals surface area contributed by atoms with Crippen molar-refractivity contribution >= 4 is 17.7 Å². The number of Topliss-reactive ketones (excluding diaryl/α,β-unsaturated/α-hetero) is 1. The highest BCUT2D eigenvalue weighted by Gasteiger charge is 2.64. The van der Waals surface area contributed by atoms with Gasteiger partial charge in [-0.25, -0.2) is 0 Å². The number of benzene rings is 1. The van der Waals surface area contributed by atoms with Crippen molar-refractivity contribution in [1.29, 1.82) is 0 Å². The van der Waals surface area contributed by atoms with Gasteiger partial charge in [-0.2, -0.15) is 13.2 Å². The molecule has 1 unspecified atom stereocenters. The number of aliphatic carboxylic acids is 1. The van der Waals surface area contributed by atoms with E-state index in [1.165, 1.54) is 32.2 Å². The Balaban J connectivity index is 2.23. The van der Waals surface area contributed by atoms with Crippen LogP contribution in [0.25, 0.3) is 0 Å². The van der Waals surface area contributed by atoms with Crippen LogP contribution in [0, 0.1) is 5.41 Å². The molecule has 0 bridgehead atoms. The highest BCUT2D eigenvalue weighted by molar-refractivity contribution is 5.94. The zero-order valence-corrected chi connectivity index (χ0v) is 14.2. The quantitative estimate of drug-likeness (QED) is 0.801. The van der Waals surface area contributed by atoms with Gasteiger partial charge in [-0.15, -0.1) is 0 Å². The number of carboxylic acid groups (broad SMARTS) is 1. The molecule has 26 heavy (non-hydrogen) atoms. The van der Waals surface area contributed by atoms with E-state index in [2.05, 4.69) is 0 Å². The first-order valence-corrected chi connectivity index (χ1v) is 7.77. The first-order chi connectivity index (χ1) is 12.0. The smallest absolute Gasteiger partial charge is 0.406 e. The maximum Gasteiger partial charge on any atom is 0.406 e. The number of nitrogens with zero attached hydrogens (tertiary/aromatic N) is 1. The SMILES string of the molecule is COc1ccc(C(C)=O)cc1CC(=O)N1CCC(C(=O)O)(C(F)(F)F)C1. The van der Waals surface area contributed by atoms with E-state index in [4.69, 9.17) is 9.84 Å². The summed E-state index contributed by atoms with van der Waals surface area (Å²) in [4.78, 5) is 36.0. The molecule has 0 aliphatic carbocycles. The molecule has 1 saturated heterocycles. The molecule has 0 radical (unpaired) electrons. The van der Waals surface area contributed by atoms with Crippen molar-refractivity contribution in [2.24, 2.45) is 5.41 Å². The van der Waals surface area contributed by atoms with Gasteiger partial charge >= 0.3 is 12.1 Å². The van der Waals surface area contributed by atoms with Gasteiger partial charge in [0.2, 0.25) is 5.91 Å². The molecule has 0 saturated carbocycles. The monoisotopic (exact) mass is 373 g/mol. The third-order valence-corrected chi connectivity index (χ3v) is 4.60. The van der Waals surface area contributed by atoms with Crippen LogP contribution in [0.5, 0.6) is 5.75 Å². The summed E-state index contributed by atoms with van der Waals surface area (Å²) in [6, 6.07) is 4.47. The van der Waals surface area contributed by atoms with Gasteiger partial charge in [-0.1, -0.05) is 0 Å². The number of likely N-dealkylation sites (tertiary alicyclic amines) is 1. The van der Waals surface area contributed by atoms with Gasteiger partial charge in [0.15, 0.2) is 11.2 Å². The lowest BCUT2D eigenvalue weighted by molar-refractivity contribution is -0.227. The summed E-state index contributed by atoms with van der Waals surface area (Å²) in [6.45, 7) is 0.108. The van der Waals surface area contributed by atoms with Gasteiger partial charge in [0, 0.05) is 24.2 Å². The number of halogens is 3. The van der Waals surface area contributed by atoms with Crippen molar-refractivity contribution in [2.75, 3.05) is 20.2 Å². The van der Waals surface area contributed by atoms with E-state index < -0.39 is 36.4 Å². The third kappa shape index (κ3) is 3.51. The number of carbonyl (C=O) groups is 3. The molecule has 1 aromatic carbocycles. The number of hydrogen-bond acceptors (Lipinski definition) is 4. The third-order valence-electron chi connectivity index (χ3n) is 4.60. The highest BCUT2D eigenvalue weighted by atomic mass is 19.4. The van der Waals surface area contributed by atoms with Gasteiger partial charge in [0.05, 0.1) is 13.5 Å². The second-order valence-corrected chi connectivity index (χ2v) is 6.21. The number of carboxylic acids is 1. The Morgan fingerprint density at radius 2 is 1.96 bits per heavy atom. The minimum absolute atomic E-state index is 0.232. The van der Waals surface area contributed by atoms with E-state index in [-0.39, 0.29) is 18.7 Å². The number of hydrogen-bond donors (Lipinski definition) is 1. The number of methoxy groups -OCH3 is 1. The molecule has 1 atom stereocenters. The molecule has 1 aromatic rings. The average molecular weight is 373 g/mol. The molecular weight excluding hydrogens is 355 g/mol. The fourth-order valence-corrected chi connectivity index (χ4v) is 2.96. The van der Waals surface area contributed by atoms with E-state index in [1.807, 2.05) is 0 Å². The van der Waals surface area contributed by atoms with Crippen LogP contribution in [0.1, 0.15) is 29.3 Å². The number of amides is 1. The van der Waals surface area contributed by atoms with Gasteiger partial charge in [-0.3, -0.25) is 14.4 Å². The van der Waals surface area contributed by atoms with Gasteiger partial charge in [0.25, 0.3) is 0 Å². The van der Waals surface area contributed by atoms with Crippen molar-refractivity contribution in [3.05, 3.63) is 29.3 Å². The van der Waals surface area contributed by atoms with Crippen molar-refractivity contribution in [3.63, 3.8) is 0 Å². The van der Waals surface area contributed by atoms with Gasteiger partial charge in [0.1, 0.15) is 5.75 Å². The zero-order chi connectivity index (χ0) is 19.7. The molecule has 1 amide bonds. The Kier molecular flexibility index (Phi) is 5.29. The predicted molar refractivity (Wildman–Crippen MR) is 84.0 cm³/mol. The predicted octanol–water partition coefficient (Wildman–Crippen LogP) is 2.31. The summed E-state index contributed by atoms with van der Waals surface area (Å²) in [5, 5.41) is 9.05. The van der Waals surface area contributed by atoms with E-state index >= 15 is 0 Å². The van der Waals surface area contributed by atoms with Crippen LogP contribution in [0.4, 0.5) is 13.2 Å². The normalized spacial score (nSPS) is 20.1. The number of alkyl halides is 3. The summed E-state index contributed by atoms with van der Waals surface area (Å²) < 4.78 is 44.8. The summed E-state index contributed by atoms with van der Waals surface area (Å²) >= 11 is 0. The van der Waals surface area contributed by atoms with Crippen molar-refractivity contribution < 1.29 is 37.4 Å². The standard InChI is InChI=1S/C17H18F3NO5/c1-10(22)11-3-4-13(26-2)12(7-11)8-14(23)21-6-5-16(9-21,15(24)25)17(18,19)20/h3-4,7H,5-6,8-9H2,1-2H3,(H,24,25). The summed E-state index contributed by atoms with van der Waals surface area (Å²) in [6.07, 6.45) is -5.94. The Morgan fingerprint density at radius 1 is 1.31 bits per heavy atom. The molecule has 1 aliphatic rings. The molecule has 1 heterocycles. The van der Waals surface area contributed by atoms with E-state index in [0.29, 0.717) is 16.9 Å². The summed E-state index contributed by atoms with van der Waals surface area (Å²) in [7, 11) is 1.37. The number of carbonyl (C=O) groups excluding carboxylic acids is 2. The average Bonchev–Trinajstić information content (AvgIpc) is 3.01. The molecule has 1 fully saturated rings. The highest BCUT2D eigenvalue weighted by Crippen LogP contribution is 2.45. The second-order valence-electron chi connectivity index (χ2n) is 6.21. The lowest BCUT2D eigenvalue weighted by atomic mass is 9.86. The Morgan fingerprint density at radius 3 is 2.42 bits per heavy atom. The van der Waals surface area contributed by atoms with Crippen LogP contribution in [0.3, 0.4) is 0 Å². The van der Waals surface area contributed by atoms with Crippen LogP contribution in [0.2, 0.25) is 0 Å². The minimum Gasteiger partial charge on any atom is -0.496 e. The largest absolute Gasteiger partial charge is 0.496 e. The first-order valence-electron chi connectivity index (χ1n) is 7.77. The Hall–Kier alpha value is -2.58. The summed E-state index contributed by atoms with van der Waals surface area (Å²) in [5.41, 5.74) is -2.26. The topological polar surface area (TPSA) is 83.9 Å². The number of ether oxygens (including phenoxy) is 1. The second kappa shape index (κ2) is 6.97. The van der Waals surface area contributed by atoms with Crippen LogP contribution < -0.4 is 4.74 Å². The number of ketones is 1. The molecule has 6 nitrogen and oxygen atoms in total. The Bertz CT molecular complexity index is 746. The van der Waals surface area contributed by atoms with Gasteiger partial charge < -0.3 is 14.7 Å². The molecule has 1 aliphatic heterocycles. The van der Waals surface area contributed by atoms with Crippen LogP contribution in [-0.2, 0) is 16.0 Å². The fraction of sp³-hybridized carbons (Fsp3) is 0.471. The molecule has 0 spiro atoms. The van der Waals surface area contributed by atoms with E-state index in [1.54, 1.807) is 0 Å². The van der Waals surface area contributed by atoms with Crippen molar-refractivity contribution in [3.8, 4) is 5.75 Å². The van der Waals surface area contributed by atoms with Gasteiger partial charge in [-0.05, 0) is 31.5 Å². The van der Waals surface area contributed by atoms with Crippen LogP contribution in [0.15, 0.2) is 18.2 Å². The number of rotatable bonds is 5. The molecule has 142 valence electrons. The molecule has 2 rings (SSSR count). The molecule has 9 heteroatoms. The lowest BCUT2D eigenvalue weighted by Gasteiger charge is -2.27. The van der Waals surface area contributed by atoms with E-state index in [9.17, 15) is 27.6 Å². The molecule has 0 aromatic heterocycles. The maximum absolute atomic E-state index is 13.2. The molecular formula is C17H18F3NO5. The van der Waals surface area contributed by atoms with Crippen molar-refractivity contribution in [2.45, 2.75) is 25.9 Å². The fourth-order valence-electron chi connectivity index (χ4n) is 2.96. The van der Waals surface area contributed by atoms with E-state index in [0.717, 1.165) is 4.90 Å². The minimum atomic E-state index is -4.96. The zero-order valence-electron chi connectivity index (χ0n) is 14.2. The lowest BCUT2D eigenvalue weighted by Crippen LogP contribution is -2.47. The van der Waals surface area contributed by atoms with Crippen molar-refractivity contribution in [1.82, 2.24) is 4.90 Å². The Labute approximate surface area is 147 Å². The summed E-state index contributed by atoms with van der Waals surface area (Å²) in [5.74, 6) is -2.56. The maximum atomic E-state index is 13.2. The first kappa shape index (κ1) is 19.7. The van der Waals surface area contributed by atoms with Crippen LogP contribution >= 0.6 is 0 Å².